The molecule has 2 rings (SSSR count). The first-order valence-electron chi connectivity index (χ1n) is 10.7. The fraction of sp³-hybridized carbons (Fsp3) is 0.222. The Morgan fingerprint density at radius 1 is 1.31 bits per heavy atom. The lowest BCUT2D eigenvalue weighted by molar-refractivity contribution is 0.0953. The number of benzene rings is 1. The highest BCUT2D eigenvalue weighted by Crippen LogP contribution is 2.16. The molecule has 1 aromatic carbocycles. The van der Waals surface area contributed by atoms with Crippen molar-refractivity contribution in [2.75, 3.05) is 6.54 Å². The highest BCUT2D eigenvalue weighted by molar-refractivity contribution is 5.95. The van der Waals surface area contributed by atoms with Crippen molar-refractivity contribution >= 4 is 12.1 Å². The summed E-state index contributed by atoms with van der Waals surface area (Å²) in [5, 5.41) is 7.30. The molecule has 0 unspecified atom stereocenters. The van der Waals surface area contributed by atoms with Crippen LogP contribution in [-0.2, 0) is 0 Å². The fourth-order valence-corrected chi connectivity index (χ4v) is 2.89. The maximum Gasteiger partial charge on any atom is 0.251 e. The van der Waals surface area contributed by atoms with Crippen molar-refractivity contribution in [1.29, 1.82) is 0 Å². The van der Waals surface area contributed by atoms with Gasteiger partial charge in [0.05, 0.1) is 11.3 Å². The van der Waals surface area contributed by atoms with Crippen LogP contribution in [0.15, 0.2) is 90.4 Å². The summed E-state index contributed by atoms with van der Waals surface area (Å²) in [6, 6.07) is 7.34. The van der Waals surface area contributed by atoms with E-state index in [0.717, 1.165) is 36.1 Å². The van der Waals surface area contributed by atoms with Gasteiger partial charge in [0, 0.05) is 42.5 Å². The predicted octanol–water partition coefficient (Wildman–Crippen LogP) is 5.42. The first-order chi connectivity index (χ1) is 15.7. The smallest absolute Gasteiger partial charge is 0.251 e. The van der Waals surface area contributed by atoms with Gasteiger partial charge < -0.3 is 5.32 Å². The van der Waals surface area contributed by atoms with Crippen molar-refractivity contribution < 1.29 is 4.79 Å². The van der Waals surface area contributed by atoms with E-state index in [1.807, 2.05) is 62.5 Å². The summed E-state index contributed by atoms with van der Waals surface area (Å²) in [7, 11) is 0. The quantitative estimate of drug-likeness (QED) is 0.239. The number of carbonyl (C=O) groups is 1. The van der Waals surface area contributed by atoms with E-state index in [9.17, 15) is 4.79 Å². The average Bonchev–Trinajstić information content (AvgIpc) is 3.34. The summed E-state index contributed by atoms with van der Waals surface area (Å²) < 4.78 is 1.74. The van der Waals surface area contributed by atoms with E-state index in [0.29, 0.717) is 12.1 Å². The van der Waals surface area contributed by atoms with Crippen molar-refractivity contribution in [3.63, 3.8) is 0 Å². The molecule has 1 heterocycles. The zero-order chi connectivity index (χ0) is 23.0. The van der Waals surface area contributed by atoms with Crippen molar-refractivity contribution in [1.82, 2.24) is 15.1 Å². The van der Waals surface area contributed by atoms with Crippen LogP contribution in [0.2, 0.25) is 0 Å². The Morgan fingerprint density at radius 3 is 2.91 bits per heavy atom. The Labute approximate surface area is 191 Å². The summed E-state index contributed by atoms with van der Waals surface area (Å²) in [5.41, 5.74) is 2.95. The van der Waals surface area contributed by atoms with Gasteiger partial charge in [-0.2, -0.15) is 5.10 Å². The van der Waals surface area contributed by atoms with Gasteiger partial charge in [-0.3, -0.25) is 9.79 Å². The lowest BCUT2D eigenvalue weighted by Gasteiger charge is -2.09. The number of unbranched alkanes of at least 4 members (excludes halogenated alkanes) is 2. The van der Waals surface area contributed by atoms with Crippen LogP contribution in [0.25, 0.3) is 5.69 Å². The number of nitrogens with zero attached hydrogens (tertiary/aromatic N) is 3. The molecule has 0 bridgehead atoms. The second-order valence-electron chi connectivity index (χ2n) is 6.83. The first kappa shape index (κ1) is 24.4. The first-order valence-corrected chi connectivity index (χ1v) is 10.7. The molecule has 0 fully saturated rings. The maximum atomic E-state index is 12.7. The number of aliphatic imine (C=N–C) groups is 1. The Bertz CT molecular complexity index is 1060. The highest BCUT2D eigenvalue weighted by atomic mass is 16.1. The minimum Gasteiger partial charge on any atom is -0.352 e. The summed E-state index contributed by atoms with van der Waals surface area (Å²) >= 11 is 0. The van der Waals surface area contributed by atoms with Crippen LogP contribution >= 0.6 is 0 Å². The summed E-state index contributed by atoms with van der Waals surface area (Å²) in [6.45, 7) is 8.19. The molecule has 0 saturated carbocycles. The van der Waals surface area contributed by atoms with Gasteiger partial charge in [-0.05, 0) is 63.5 Å². The molecular formula is C27H30N4O. The number of nitrogens with one attached hydrogen (secondary N) is 1. The molecule has 1 aromatic heterocycles. The third-order valence-electron chi connectivity index (χ3n) is 4.42. The van der Waals surface area contributed by atoms with Gasteiger partial charge in [0.25, 0.3) is 5.91 Å². The predicted molar refractivity (Wildman–Crippen MR) is 133 cm³/mol. The zero-order valence-electron chi connectivity index (χ0n) is 18.8. The summed E-state index contributed by atoms with van der Waals surface area (Å²) in [4.78, 5) is 16.7. The zero-order valence-corrected chi connectivity index (χ0v) is 18.8. The lowest BCUT2D eigenvalue weighted by atomic mass is 10.1. The molecule has 5 heteroatoms. The molecule has 5 nitrogen and oxygen atoms in total. The van der Waals surface area contributed by atoms with E-state index in [1.54, 1.807) is 35.4 Å². The van der Waals surface area contributed by atoms with Crippen LogP contribution in [0, 0.1) is 11.8 Å². The number of hydrogen-bond acceptors (Lipinski definition) is 3. The number of allylic oxidation sites excluding steroid dienone is 6. The van der Waals surface area contributed by atoms with Gasteiger partial charge in [0.2, 0.25) is 0 Å². The van der Waals surface area contributed by atoms with E-state index in [1.165, 1.54) is 0 Å². The Hall–Kier alpha value is -3.91. The Balaban J connectivity index is 2.14. The average molecular weight is 427 g/mol. The molecule has 0 spiro atoms. The second kappa shape index (κ2) is 14.2. The van der Waals surface area contributed by atoms with Crippen molar-refractivity contribution in [2.45, 2.75) is 33.1 Å². The van der Waals surface area contributed by atoms with Crippen molar-refractivity contribution in [3.8, 4) is 17.5 Å². The summed E-state index contributed by atoms with van der Waals surface area (Å²) in [5.74, 6) is 6.23. The van der Waals surface area contributed by atoms with E-state index < -0.39 is 0 Å². The largest absolute Gasteiger partial charge is 0.352 e. The molecule has 1 N–H and O–H groups in total. The maximum absolute atomic E-state index is 12.7. The monoisotopic (exact) mass is 426 g/mol. The van der Waals surface area contributed by atoms with E-state index in [2.05, 4.69) is 33.8 Å². The van der Waals surface area contributed by atoms with E-state index in [4.69, 9.17) is 0 Å². The Morgan fingerprint density at radius 2 is 2.19 bits per heavy atom. The topological polar surface area (TPSA) is 59.3 Å². The fourth-order valence-electron chi connectivity index (χ4n) is 2.89. The van der Waals surface area contributed by atoms with Crippen molar-refractivity contribution in [3.05, 3.63) is 96.5 Å². The molecule has 0 aliphatic heterocycles. The number of amides is 1. The molecule has 2 aromatic rings. The van der Waals surface area contributed by atoms with Gasteiger partial charge in [0.15, 0.2) is 0 Å². The molecule has 0 atom stereocenters. The van der Waals surface area contributed by atoms with Gasteiger partial charge in [-0.25, -0.2) is 4.68 Å². The van der Waals surface area contributed by atoms with Crippen LogP contribution in [-0.4, -0.2) is 28.4 Å². The van der Waals surface area contributed by atoms with Crippen LogP contribution in [0.4, 0.5) is 0 Å². The standard InChI is InChI=1S/C27H30N4O/c1-4-12-23(13-5-2)14-15-24-22-25(16-17-26(24)31-21-11-20-30-31)27(32)29-19-10-8-7-9-18-28-6-3/h4-6,9,11-13,16-18,20-22H,1,7-8,10,19H2,2-3H3,(H,29,32)/b13-5-,18-9-,23-12+,28-6-. The minimum atomic E-state index is -0.110. The third-order valence-corrected chi connectivity index (χ3v) is 4.42. The van der Waals surface area contributed by atoms with E-state index >= 15 is 0 Å². The lowest BCUT2D eigenvalue weighted by Crippen LogP contribution is -2.24. The molecule has 32 heavy (non-hydrogen) atoms. The molecule has 0 saturated heterocycles. The Kier molecular flexibility index (Phi) is 10.8. The molecular weight excluding hydrogens is 396 g/mol. The number of carbonyl (C=O) groups excluding carboxylic acids is 1. The van der Waals surface area contributed by atoms with Crippen LogP contribution in [0.3, 0.4) is 0 Å². The van der Waals surface area contributed by atoms with Gasteiger partial charge >= 0.3 is 0 Å². The van der Waals surface area contributed by atoms with Gasteiger partial charge in [-0.15, -0.1) is 0 Å². The van der Waals surface area contributed by atoms with Gasteiger partial charge in [-0.1, -0.05) is 42.7 Å². The minimum absolute atomic E-state index is 0.110. The summed E-state index contributed by atoms with van der Waals surface area (Å²) in [6.07, 6.45) is 19.4. The van der Waals surface area contributed by atoms with Crippen molar-refractivity contribution in [2.24, 2.45) is 4.99 Å². The third kappa shape index (κ3) is 8.08. The van der Waals surface area contributed by atoms with Crippen LogP contribution in [0.5, 0.6) is 0 Å². The second-order valence-corrected chi connectivity index (χ2v) is 6.83. The number of rotatable bonds is 10. The molecule has 164 valence electrons. The SMILES string of the molecule is C=C/C=C(C#Cc1cc(C(=O)NCCCC/C=C\N=C/C)ccc1-n1cccn1)\C=C/C. The number of aromatic nitrogens is 2. The normalized spacial score (nSPS) is 11.8. The molecule has 0 aliphatic rings. The molecule has 0 aliphatic carbocycles. The molecule has 0 radical (unpaired) electrons. The van der Waals surface area contributed by atoms with Gasteiger partial charge in [0.1, 0.15) is 0 Å². The molecule has 1 amide bonds. The highest BCUT2D eigenvalue weighted by Gasteiger charge is 2.10. The van der Waals surface area contributed by atoms with E-state index in [-0.39, 0.29) is 5.91 Å². The van der Waals surface area contributed by atoms with Crippen LogP contribution in [0.1, 0.15) is 49.0 Å². The van der Waals surface area contributed by atoms with Crippen LogP contribution < -0.4 is 5.32 Å². The number of hydrogen-bond donors (Lipinski definition) is 1.